The number of methoxy groups -OCH3 is 1. The third kappa shape index (κ3) is 6.98. The zero-order chi connectivity index (χ0) is 26.4. The van der Waals surface area contributed by atoms with Gasteiger partial charge in [0.1, 0.15) is 11.5 Å². The Kier molecular flexibility index (Phi) is 7.92. The third-order valence-corrected chi connectivity index (χ3v) is 5.57. The van der Waals surface area contributed by atoms with Gasteiger partial charge >= 0.3 is 12.2 Å². The molecule has 37 heavy (non-hydrogen) atoms. The van der Waals surface area contributed by atoms with Gasteiger partial charge < -0.3 is 14.8 Å². The number of nitrogens with zero attached hydrogens (tertiary/aromatic N) is 3. The third-order valence-electron chi connectivity index (χ3n) is 5.24. The van der Waals surface area contributed by atoms with Crippen molar-refractivity contribution >= 4 is 17.5 Å². The van der Waals surface area contributed by atoms with E-state index < -0.39 is 11.7 Å². The molecule has 4 aromatic rings. The molecule has 0 atom stereocenters. The molecule has 2 aromatic heterocycles. The molecule has 2 N–H and O–H groups in total. The van der Waals surface area contributed by atoms with Crippen LogP contribution in [0.2, 0.25) is 5.02 Å². The van der Waals surface area contributed by atoms with Crippen molar-refractivity contribution in [2.75, 3.05) is 19.0 Å². The summed E-state index contributed by atoms with van der Waals surface area (Å²) in [6, 6.07) is 10.6. The lowest BCUT2D eigenvalue weighted by atomic mass is 10.1. The number of aromatic nitrogens is 4. The van der Waals surface area contributed by atoms with Gasteiger partial charge in [-0.25, -0.2) is 15.0 Å². The largest absolute Gasteiger partial charge is 0.467 e. The molecule has 0 aliphatic carbocycles. The average molecular weight is 532 g/mol. The first-order chi connectivity index (χ1) is 17.7. The van der Waals surface area contributed by atoms with Crippen LogP contribution < -0.4 is 20.3 Å². The molecule has 192 valence electrons. The van der Waals surface area contributed by atoms with Crippen molar-refractivity contribution in [3.8, 4) is 17.5 Å². The van der Waals surface area contributed by atoms with E-state index in [1.807, 2.05) is 0 Å². The molecule has 0 amide bonds. The van der Waals surface area contributed by atoms with Gasteiger partial charge in [-0.15, -0.1) is 0 Å². The maximum absolute atomic E-state index is 13.0. The van der Waals surface area contributed by atoms with Crippen molar-refractivity contribution in [1.29, 1.82) is 0 Å². The molecule has 0 radical (unpaired) electrons. The van der Waals surface area contributed by atoms with E-state index in [1.165, 1.54) is 19.4 Å². The van der Waals surface area contributed by atoms with Gasteiger partial charge in [-0.1, -0.05) is 23.7 Å². The highest BCUT2D eigenvalue weighted by Crippen LogP contribution is 2.37. The summed E-state index contributed by atoms with van der Waals surface area (Å²) in [5, 5.41) is 2.67. The first-order valence-electron chi connectivity index (χ1n) is 11.0. The highest BCUT2D eigenvalue weighted by atomic mass is 35.5. The standard InChI is InChI=1S/C25H21ClF3N5O3/c1-36-24-32-12-16(13-33-24)10-17-14-31-23(34-22(17)35)30-9-8-15-2-4-18(5-3-15)37-19-6-7-21(26)20(11-19)25(27,28)29/h2-7,11-14H,8-10H2,1H3,(H2,30,31,34,35). The van der Waals surface area contributed by atoms with Gasteiger partial charge in [0.15, 0.2) is 0 Å². The summed E-state index contributed by atoms with van der Waals surface area (Å²) in [5.74, 6) is 0.753. The molecule has 0 spiro atoms. The summed E-state index contributed by atoms with van der Waals surface area (Å²) < 4.78 is 49.6. The van der Waals surface area contributed by atoms with E-state index in [4.69, 9.17) is 21.1 Å². The molecule has 0 fully saturated rings. The van der Waals surface area contributed by atoms with E-state index in [2.05, 4.69) is 25.3 Å². The molecule has 0 saturated carbocycles. The van der Waals surface area contributed by atoms with Crippen molar-refractivity contribution < 1.29 is 22.6 Å². The van der Waals surface area contributed by atoms with Crippen LogP contribution in [0.25, 0.3) is 0 Å². The van der Waals surface area contributed by atoms with Crippen LogP contribution in [0.4, 0.5) is 19.1 Å². The minimum atomic E-state index is -4.57. The number of H-pyrrole nitrogens is 1. The number of halogens is 4. The Labute approximate surface area is 214 Å². The zero-order valence-corrected chi connectivity index (χ0v) is 20.2. The van der Waals surface area contributed by atoms with Crippen LogP contribution in [0.1, 0.15) is 22.3 Å². The minimum absolute atomic E-state index is 0.0316. The normalized spacial score (nSPS) is 11.3. The number of ether oxygens (including phenoxy) is 2. The van der Waals surface area contributed by atoms with Gasteiger partial charge in [0.2, 0.25) is 5.95 Å². The van der Waals surface area contributed by atoms with E-state index in [-0.39, 0.29) is 22.3 Å². The highest BCUT2D eigenvalue weighted by molar-refractivity contribution is 6.31. The summed E-state index contributed by atoms with van der Waals surface area (Å²) >= 11 is 5.64. The quantitative estimate of drug-likeness (QED) is 0.303. The van der Waals surface area contributed by atoms with Crippen molar-refractivity contribution in [1.82, 2.24) is 19.9 Å². The van der Waals surface area contributed by atoms with Crippen molar-refractivity contribution in [3.05, 3.63) is 98.7 Å². The van der Waals surface area contributed by atoms with Gasteiger partial charge in [0.25, 0.3) is 5.56 Å². The molecule has 0 aliphatic rings. The van der Waals surface area contributed by atoms with Crippen LogP contribution >= 0.6 is 11.6 Å². The Morgan fingerprint density at radius 3 is 2.32 bits per heavy atom. The first-order valence-corrected chi connectivity index (χ1v) is 11.4. The molecule has 0 bridgehead atoms. The second-order valence-electron chi connectivity index (χ2n) is 7.90. The number of hydrogen-bond donors (Lipinski definition) is 2. The summed E-state index contributed by atoms with van der Waals surface area (Å²) in [5.41, 5.74) is 0.941. The molecule has 2 heterocycles. The molecular formula is C25H21ClF3N5O3. The predicted molar refractivity (Wildman–Crippen MR) is 131 cm³/mol. The topological polar surface area (TPSA) is 102 Å². The lowest BCUT2D eigenvalue weighted by Crippen LogP contribution is -2.18. The minimum Gasteiger partial charge on any atom is -0.467 e. The SMILES string of the molecule is COc1ncc(Cc2cnc(NCCc3ccc(Oc4ccc(Cl)c(C(F)(F)F)c4)cc3)[nH]c2=O)cn1. The summed E-state index contributed by atoms with van der Waals surface area (Å²) in [6.07, 6.45) is 1.03. The van der Waals surface area contributed by atoms with Crippen molar-refractivity contribution in [3.63, 3.8) is 0 Å². The van der Waals surface area contributed by atoms with E-state index in [0.29, 0.717) is 36.6 Å². The van der Waals surface area contributed by atoms with Crippen LogP contribution in [0.5, 0.6) is 17.5 Å². The number of hydrogen-bond acceptors (Lipinski definition) is 7. The summed E-state index contributed by atoms with van der Waals surface area (Å²) in [6.45, 7) is 0.487. The van der Waals surface area contributed by atoms with Gasteiger partial charge in [-0.3, -0.25) is 9.78 Å². The van der Waals surface area contributed by atoms with Crippen LogP contribution in [0, 0.1) is 0 Å². The van der Waals surface area contributed by atoms with Crippen LogP contribution in [-0.2, 0) is 19.0 Å². The fraction of sp³-hybridized carbons (Fsp3) is 0.200. The van der Waals surface area contributed by atoms with Crippen molar-refractivity contribution in [2.45, 2.75) is 19.0 Å². The number of nitrogens with one attached hydrogen (secondary N) is 2. The molecule has 4 rings (SSSR count). The molecule has 0 aliphatic heterocycles. The summed E-state index contributed by atoms with van der Waals surface area (Å²) in [4.78, 5) is 27.4. The number of anilines is 1. The molecule has 8 nitrogen and oxygen atoms in total. The molecule has 2 aromatic carbocycles. The van der Waals surface area contributed by atoms with Gasteiger partial charge in [-0.2, -0.15) is 13.2 Å². The molecule has 0 unspecified atom stereocenters. The zero-order valence-electron chi connectivity index (χ0n) is 19.5. The molecular weight excluding hydrogens is 511 g/mol. The second kappa shape index (κ2) is 11.3. The predicted octanol–water partition coefficient (Wildman–Crippen LogP) is 5.28. The van der Waals surface area contributed by atoms with Gasteiger partial charge in [0, 0.05) is 37.1 Å². The Balaban J connectivity index is 1.30. The smallest absolute Gasteiger partial charge is 0.417 e. The summed E-state index contributed by atoms with van der Waals surface area (Å²) in [7, 11) is 1.47. The lowest BCUT2D eigenvalue weighted by Gasteiger charge is -2.12. The van der Waals surface area contributed by atoms with E-state index in [1.54, 1.807) is 36.7 Å². The maximum atomic E-state index is 13.0. The first kappa shape index (κ1) is 26.0. The van der Waals surface area contributed by atoms with E-state index in [0.717, 1.165) is 23.3 Å². The number of benzene rings is 2. The molecule has 12 heteroatoms. The maximum Gasteiger partial charge on any atom is 0.417 e. The van der Waals surface area contributed by atoms with Gasteiger partial charge in [-0.05, 0) is 47.9 Å². The number of rotatable bonds is 9. The van der Waals surface area contributed by atoms with Crippen LogP contribution in [0.3, 0.4) is 0 Å². The van der Waals surface area contributed by atoms with Gasteiger partial charge in [0.05, 0.1) is 17.7 Å². The van der Waals surface area contributed by atoms with Crippen LogP contribution in [-0.4, -0.2) is 33.6 Å². The molecule has 0 saturated heterocycles. The Morgan fingerprint density at radius 2 is 1.68 bits per heavy atom. The Morgan fingerprint density at radius 1 is 0.973 bits per heavy atom. The van der Waals surface area contributed by atoms with Crippen molar-refractivity contribution in [2.24, 2.45) is 0 Å². The Bertz CT molecular complexity index is 1410. The second-order valence-corrected chi connectivity index (χ2v) is 8.31. The highest BCUT2D eigenvalue weighted by Gasteiger charge is 2.33. The van der Waals surface area contributed by atoms with E-state index in [9.17, 15) is 18.0 Å². The Hall–Kier alpha value is -4.12. The van der Waals surface area contributed by atoms with E-state index >= 15 is 0 Å². The fourth-order valence-electron chi connectivity index (χ4n) is 3.37. The lowest BCUT2D eigenvalue weighted by molar-refractivity contribution is -0.137. The number of aromatic amines is 1. The number of alkyl halides is 3. The monoisotopic (exact) mass is 531 g/mol. The average Bonchev–Trinajstić information content (AvgIpc) is 2.87. The fourth-order valence-corrected chi connectivity index (χ4v) is 3.59. The van der Waals surface area contributed by atoms with Crippen LogP contribution in [0.15, 0.2) is 65.8 Å².